The number of rotatable bonds is 5. The molecule has 0 aliphatic heterocycles. The average Bonchev–Trinajstić information content (AvgIpc) is 2.15. The van der Waals surface area contributed by atoms with Crippen LogP contribution in [0.5, 0.6) is 0 Å². The molecule has 0 saturated heterocycles. The fourth-order valence-electron chi connectivity index (χ4n) is 1.00. The van der Waals surface area contributed by atoms with Gasteiger partial charge in [-0.2, -0.15) is 0 Å². The van der Waals surface area contributed by atoms with E-state index in [0.717, 1.165) is 12.4 Å². The summed E-state index contributed by atoms with van der Waals surface area (Å²) in [6, 6.07) is 1.98. The average molecular weight is 216 g/mol. The van der Waals surface area contributed by atoms with Crippen LogP contribution < -0.4 is 5.32 Å². The minimum absolute atomic E-state index is 0.209. The first-order valence-corrected chi connectivity index (χ1v) is 4.93. The minimum atomic E-state index is 0.209. The Hall–Kier alpha value is -0.870. The van der Waals surface area contributed by atoms with E-state index in [-0.39, 0.29) is 11.3 Å². The Bertz CT molecular complexity index is 283. The van der Waals surface area contributed by atoms with E-state index < -0.39 is 0 Å². The molecule has 1 heterocycles. The predicted octanol–water partition coefficient (Wildman–Crippen LogP) is 1.97. The Morgan fingerprint density at radius 2 is 2.43 bits per heavy atom. The van der Waals surface area contributed by atoms with Crippen LogP contribution in [0, 0.1) is 0 Å². The van der Waals surface area contributed by atoms with Gasteiger partial charge in [0, 0.05) is 18.8 Å². The lowest BCUT2D eigenvalue weighted by atomic mass is 10.3. The molecular formula is C9H14ClN3O. The summed E-state index contributed by atoms with van der Waals surface area (Å²) in [7, 11) is 0. The van der Waals surface area contributed by atoms with Crippen molar-refractivity contribution in [1.82, 2.24) is 9.97 Å². The van der Waals surface area contributed by atoms with E-state index in [1.165, 1.54) is 0 Å². The van der Waals surface area contributed by atoms with Crippen molar-refractivity contribution in [2.24, 2.45) is 0 Å². The first-order valence-electron chi connectivity index (χ1n) is 4.55. The third-order valence-corrected chi connectivity index (χ3v) is 1.77. The highest BCUT2D eigenvalue weighted by atomic mass is 35.5. The predicted molar refractivity (Wildman–Crippen MR) is 56.6 cm³/mol. The molecule has 14 heavy (non-hydrogen) atoms. The highest BCUT2D eigenvalue weighted by Gasteiger charge is 2.02. The summed E-state index contributed by atoms with van der Waals surface area (Å²) in [5, 5.41) is 3.41. The van der Waals surface area contributed by atoms with Crippen molar-refractivity contribution in [1.29, 1.82) is 0 Å². The summed E-state index contributed by atoms with van der Waals surface area (Å²) < 4.78 is 5.26. The van der Waals surface area contributed by atoms with Gasteiger partial charge in [0.25, 0.3) is 0 Å². The molecule has 78 valence electrons. The summed E-state index contributed by atoms with van der Waals surface area (Å²) in [4.78, 5) is 7.80. The molecule has 5 heteroatoms. The molecule has 0 saturated carbocycles. The van der Waals surface area contributed by atoms with Crippen LogP contribution in [0.2, 0.25) is 5.28 Å². The highest BCUT2D eigenvalue weighted by molar-refractivity contribution is 6.28. The highest BCUT2D eigenvalue weighted by Crippen LogP contribution is 2.07. The van der Waals surface area contributed by atoms with E-state index in [2.05, 4.69) is 15.3 Å². The molecule has 1 atom stereocenters. The Labute approximate surface area is 88.7 Å². The molecule has 1 N–H and O–H groups in total. The van der Waals surface area contributed by atoms with Gasteiger partial charge in [-0.05, 0) is 31.5 Å². The summed E-state index contributed by atoms with van der Waals surface area (Å²) in [5.41, 5.74) is 0. The summed E-state index contributed by atoms with van der Waals surface area (Å²) >= 11 is 5.64. The van der Waals surface area contributed by atoms with E-state index in [1.54, 1.807) is 12.3 Å². The van der Waals surface area contributed by atoms with Gasteiger partial charge >= 0.3 is 0 Å². The molecule has 0 fully saturated rings. The molecule has 0 aromatic carbocycles. The summed E-state index contributed by atoms with van der Waals surface area (Å²) in [6.45, 7) is 5.36. The number of nitrogens with zero attached hydrogens (tertiary/aromatic N) is 2. The monoisotopic (exact) mass is 215 g/mol. The van der Waals surface area contributed by atoms with Crippen LogP contribution in [0.1, 0.15) is 13.8 Å². The number of aromatic nitrogens is 2. The van der Waals surface area contributed by atoms with Crippen molar-refractivity contribution in [3.8, 4) is 0 Å². The van der Waals surface area contributed by atoms with Gasteiger partial charge in [0.2, 0.25) is 5.28 Å². The number of ether oxygens (including phenoxy) is 1. The molecular weight excluding hydrogens is 202 g/mol. The molecule has 1 rings (SSSR count). The molecule has 0 aliphatic carbocycles. The fraction of sp³-hybridized carbons (Fsp3) is 0.556. The molecule has 4 nitrogen and oxygen atoms in total. The maximum absolute atomic E-state index is 5.64. The van der Waals surface area contributed by atoms with E-state index in [9.17, 15) is 0 Å². The maximum Gasteiger partial charge on any atom is 0.224 e. The van der Waals surface area contributed by atoms with Gasteiger partial charge < -0.3 is 10.1 Å². The van der Waals surface area contributed by atoms with Gasteiger partial charge in [0.15, 0.2) is 0 Å². The lowest BCUT2D eigenvalue weighted by Crippen LogP contribution is -2.22. The molecule has 1 aromatic heterocycles. The second-order valence-corrected chi connectivity index (χ2v) is 3.25. The lowest BCUT2D eigenvalue weighted by molar-refractivity contribution is 0.141. The first kappa shape index (κ1) is 11.2. The fourth-order valence-corrected chi connectivity index (χ4v) is 1.15. The van der Waals surface area contributed by atoms with Crippen LogP contribution >= 0.6 is 11.6 Å². The molecule has 1 unspecified atom stereocenters. The van der Waals surface area contributed by atoms with Crippen LogP contribution in [-0.4, -0.2) is 29.2 Å². The molecule has 0 radical (unpaired) electrons. The van der Waals surface area contributed by atoms with Gasteiger partial charge in [-0.1, -0.05) is 0 Å². The summed E-state index contributed by atoms with van der Waals surface area (Å²) in [5.74, 6) is 0.720. The van der Waals surface area contributed by atoms with Crippen LogP contribution in [0.15, 0.2) is 12.3 Å². The van der Waals surface area contributed by atoms with Crippen molar-refractivity contribution in [3.05, 3.63) is 17.5 Å². The van der Waals surface area contributed by atoms with Crippen LogP contribution in [0.4, 0.5) is 5.82 Å². The zero-order valence-corrected chi connectivity index (χ0v) is 9.08. The molecule has 0 aliphatic rings. The number of nitrogens with one attached hydrogen (secondary N) is 1. The van der Waals surface area contributed by atoms with E-state index in [0.29, 0.717) is 6.61 Å². The van der Waals surface area contributed by atoms with E-state index >= 15 is 0 Å². The number of anilines is 1. The van der Waals surface area contributed by atoms with Crippen molar-refractivity contribution in [3.63, 3.8) is 0 Å². The Morgan fingerprint density at radius 1 is 1.64 bits per heavy atom. The van der Waals surface area contributed by atoms with Crippen molar-refractivity contribution in [2.45, 2.75) is 19.9 Å². The maximum atomic E-state index is 5.64. The van der Waals surface area contributed by atoms with Crippen LogP contribution in [0.25, 0.3) is 0 Å². The second-order valence-electron chi connectivity index (χ2n) is 2.92. The minimum Gasteiger partial charge on any atom is -0.380 e. The molecule has 0 spiro atoms. The second kappa shape index (κ2) is 5.78. The molecule has 0 bridgehead atoms. The van der Waals surface area contributed by atoms with Gasteiger partial charge in [-0.15, -0.1) is 0 Å². The standard InChI is InChI=1S/C9H14ClN3O/c1-3-14-6-7(2)12-8-4-5-11-9(10)13-8/h4-5,7H,3,6H2,1-2H3,(H,11,12,13). The van der Waals surface area contributed by atoms with Gasteiger partial charge in [-0.25, -0.2) is 9.97 Å². The van der Waals surface area contributed by atoms with Gasteiger partial charge in [0.05, 0.1) is 6.61 Å². The van der Waals surface area contributed by atoms with Crippen LogP contribution in [-0.2, 0) is 4.74 Å². The Morgan fingerprint density at radius 3 is 3.07 bits per heavy atom. The largest absolute Gasteiger partial charge is 0.380 e. The zero-order valence-electron chi connectivity index (χ0n) is 8.33. The number of hydrogen-bond acceptors (Lipinski definition) is 4. The molecule has 1 aromatic rings. The third kappa shape index (κ3) is 3.89. The Balaban J connectivity index is 2.43. The normalized spacial score (nSPS) is 12.5. The quantitative estimate of drug-likeness (QED) is 0.763. The van der Waals surface area contributed by atoms with Crippen LogP contribution in [0.3, 0.4) is 0 Å². The zero-order chi connectivity index (χ0) is 10.4. The third-order valence-electron chi connectivity index (χ3n) is 1.59. The SMILES string of the molecule is CCOCC(C)Nc1ccnc(Cl)n1. The topological polar surface area (TPSA) is 47.0 Å². The summed E-state index contributed by atoms with van der Waals surface area (Å²) in [6.07, 6.45) is 1.62. The van der Waals surface area contributed by atoms with E-state index in [4.69, 9.17) is 16.3 Å². The van der Waals surface area contributed by atoms with Gasteiger partial charge in [0.1, 0.15) is 5.82 Å². The Kier molecular flexibility index (Phi) is 4.62. The number of halogens is 1. The first-order chi connectivity index (χ1) is 6.72. The van der Waals surface area contributed by atoms with E-state index in [1.807, 2.05) is 13.8 Å². The van der Waals surface area contributed by atoms with Crippen molar-refractivity contribution < 1.29 is 4.74 Å². The van der Waals surface area contributed by atoms with Crippen molar-refractivity contribution >= 4 is 17.4 Å². The molecule has 0 amide bonds. The number of hydrogen-bond donors (Lipinski definition) is 1. The lowest BCUT2D eigenvalue weighted by Gasteiger charge is -2.13. The van der Waals surface area contributed by atoms with Crippen molar-refractivity contribution in [2.75, 3.05) is 18.5 Å². The smallest absolute Gasteiger partial charge is 0.224 e. The van der Waals surface area contributed by atoms with Gasteiger partial charge in [-0.3, -0.25) is 0 Å².